The lowest BCUT2D eigenvalue weighted by Gasteiger charge is -2.26. The summed E-state index contributed by atoms with van der Waals surface area (Å²) in [6, 6.07) is 12.5. The Morgan fingerprint density at radius 2 is 1.83 bits per heavy atom. The quantitative estimate of drug-likeness (QED) is 0.746. The molecule has 0 atom stereocenters. The molecular formula is C22H28N2O4S. The zero-order chi connectivity index (χ0) is 20.9. The van der Waals surface area contributed by atoms with Crippen molar-refractivity contribution < 1.29 is 17.9 Å². The number of hydrogen-bond donors (Lipinski definition) is 1. The molecule has 2 aromatic rings. The lowest BCUT2D eigenvalue weighted by Crippen LogP contribution is -2.35. The minimum absolute atomic E-state index is 0.120. The average Bonchev–Trinajstić information content (AvgIpc) is 2.74. The van der Waals surface area contributed by atoms with Crippen molar-refractivity contribution in [3.8, 4) is 5.75 Å². The number of rotatable bonds is 7. The van der Waals surface area contributed by atoms with E-state index in [1.807, 2.05) is 31.2 Å². The van der Waals surface area contributed by atoms with Gasteiger partial charge in [-0.3, -0.25) is 4.79 Å². The van der Waals surface area contributed by atoms with Crippen molar-refractivity contribution in [2.24, 2.45) is 0 Å². The Kier molecular flexibility index (Phi) is 6.92. The van der Waals surface area contributed by atoms with Crippen molar-refractivity contribution in [3.63, 3.8) is 0 Å². The predicted octanol–water partition coefficient (Wildman–Crippen LogP) is 3.75. The number of anilines is 1. The third-order valence-electron chi connectivity index (χ3n) is 5.25. The maximum absolute atomic E-state index is 13.0. The molecule has 0 aliphatic carbocycles. The number of para-hydroxylation sites is 1. The van der Waals surface area contributed by atoms with E-state index in [1.165, 1.54) is 0 Å². The molecule has 6 nitrogen and oxygen atoms in total. The van der Waals surface area contributed by atoms with Crippen molar-refractivity contribution in [1.82, 2.24) is 4.31 Å². The average molecular weight is 417 g/mol. The SMILES string of the molecule is COc1ccc(S(=O)(=O)N2CCCCC2)cc1CCC(=O)Nc1ccccc1C. The van der Waals surface area contributed by atoms with Crippen LogP contribution in [0, 0.1) is 6.92 Å². The first-order chi connectivity index (χ1) is 13.9. The first-order valence-electron chi connectivity index (χ1n) is 9.94. The minimum Gasteiger partial charge on any atom is -0.496 e. The summed E-state index contributed by atoms with van der Waals surface area (Å²) in [5.41, 5.74) is 2.49. The van der Waals surface area contributed by atoms with E-state index >= 15 is 0 Å². The van der Waals surface area contributed by atoms with E-state index in [-0.39, 0.29) is 17.2 Å². The smallest absolute Gasteiger partial charge is 0.243 e. The summed E-state index contributed by atoms with van der Waals surface area (Å²) >= 11 is 0. The van der Waals surface area contributed by atoms with Gasteiger partial charge in [0.05, 0.1) is 12.0 Å². The van der Waals surface area contributed by atoms with E-state index in [2.05, 4.69) is 5.32 Å². The molecule has 1 amide bonds. The summed E-state index contributed by atoms with van der Waals surface area (Å²) in [5, 5.41) is 2.91. The first kappa shape index (κ1) is 21.3. The molecule has 7 heteroatoms. The summed E-state index contributed by atoms with van der Waals surface area (Å²) in [6.45, 7) is 3.05. The number of nitrogens with one attached hydrogen (secondary N) is 1. The number of nitrogens with zero attached hydrogens (tertiary/aromatic N) is 1. The van der Waals surface area contributed by atoms with Gasteiger partial charge in [0.1, 0.15) is 5.75 Å². The van der Waals surface area contributed by atoms with Gasteiger partial charge < -0.3 is 10.1 Å². The van der Waals surface area contributed by atoms with Crippen LogP contribution in [0.1, 0.15) is 36.8 Å². The Hall–Kier alpha value is -2.38. The molecule has 1 N–H and O–H groups in total. The monoisotopic (exact) mass is 416 g/mol. The number of carbonyl (C=O) groups is 1. The Labute approximate surface area is 172 Å². The highest BCUT2D eigenvalue weighted by molar-refractivity contribution is 7.89. The normalized spacial score (nSPS) is 15.1. The van der Waals surface area contributed by atoms with Crippen molar-refractivity contribution in [3.05, 3.63) is 53.6 Å². The lowest BCUT2D eigenvalue weighted by molar-refractivity contribution is -0.116. The maximum Gasteiger partial charge on any atom is 0.243 e. The molecule has 156 valence electrons. The molecule has 0 radical (unpaired) electrons. The Morgan fingerprint density at radius 1 is 1.10 bits per heavy atom. The summed E-state index contributed by atoms with van der Waals surface area (Å²) in [5.74, 6) is 0.469. The molecule has 3 rings (SSSR count). The van der Waals surface area contributed by atoms with Gasteiger partial charge in [-0.2, -0.15) is 4.31 Å². The van der Waals surface area contributed by atoms with Crippen LogP contribution in [0.3, 0.4) is 0 Å². The topological polar surface area (TPSA) is 75.7 Å². The van der Waals surface area contributed by atoms with Gasteiger partial charge in [0.2, 0.25) is 15.9 Å². The molecular weight excluding hydrogens is 388 g/mol. The third-order valence-corrected chi connectivity index (χ3v) is 7.14. The van der Waals surface area contributed by atoms with Crippen LogP contribution in [-0.4, -0.2) is 38.8 Å². The number of aryl methyl sites for hydroxylation is 2. The van der Waals surface area contributed by atoms with Gasteiger partial charge in [0, 0.05) is 25.2 Å². The van der Waals surface area contributed by atoms with Crippen LogP contribution < -0.4 is 10.1 Å². The van der Waals surface area contributed by atoms with E-state index in [0.29, 0.717) is 30.8 Å². The molecule has 2 aromatic carbocycles. The second-order valence-electron chi connectivity index (χ2n) is 7.30. The van der Waals surface area contributed by atoms with Crippen LogP contribution in [0.5, 0.6) is 5.75 Å². The van der Waals surface area contributed by atoms with Crippen LogP contribution in [0.4, 0.5) is 5.69 Å². The van der Waals surface area contributed by atoms with Crippen LogP contribution in [0.25, 0.3) is 0 Å². The predicted molar refractivity (Wildman–Crippen MR) is 114 cm³/mol. The Balaban J connectivity index is 1.73. The zero-order valence-electron chi connectivity index (χ0n) is 17.0. The Morgan fingerprint density at radius 3 is 2.52 bits per heavy atom. The van der Waals surface area contributed by atoms with Crippen molar-refractivity contribution in [1.29, 1.82) is 0 Å². The van der Waals surface area contributed by atoms with Crippen LogP contribution in [0.15, 0.2) is 47.4 Å². The van der Waals surface area contributed by atoms with Gasteiger partial charge in [0.15, 0.2) is 0 Å². The van der Waals surface area contributed by atoms with Gasteiger partial charge in [-0.05, 0) is 61.6 Å². The summed E-state index contributed by atoms with van der Waals surface area (Å²) in [7, 11) is -1.98. The fourth-order valence-corrected chi connectivity index (χ4v) is 5.11. The number of ether oxygens (including phenoxy) is 1. The number of benzene rings is 2. The molecule has 0 unspecified atom stereocenters. The van der Waals surface area contributed by atoms with Gasteiger partial charge in [-0.25, -0.2) is 8.42 Å². The summed E-state index contributed by atoms with van der Waals surface area (Å²) < 4.78 is 32.9. The largest absolute Gasteiger partial charge is 0.496 e. The van der Waals surface area contributed by atoms with Gasteiger partial charge >= 0.3 is 0 Å². The summed E-state index contributed by atoms with van der Waals surface area (Å²) in [4.78, 5) is 12.6. The molecule has 0 bridgehead atoms. The van der Waals surface area contributed by atoms with Crippen molar-refractivity contribution in [2.75, 3.05) is 25.5 Å². The Bertz CT molecular complexity index is 967. The second-order valence-corrected chi connectivity index (χ2v) is 9.24. The number of carbonyl (C=O) groups excluding carboxylic acids is 1. The highest BCUT2D eigenvalue weighted by Crippen LogP contribution is 2.27. The second kappa shape index (κ2) is 9.41. The highest BCUT2D eigenvalue weighted by Gasteiger charge is 2.26. The third kappa shape index (κ3) is 5.16. The number of piperidine rings is 1. The molecule has 1 fully saturated rings. The number of sulfonamides is 1. The molecule has 29 heavy (non-hydrogen) atoms. The first-order valence-corrected chi connectivity index (χ1v) is 11.4. The van der Waals surface area contributed by atoms with E-state index in [0.717, 1.165) is 30.5 Å². The molecule has 1 saturated heterocycles. The minimum atomic E-state index is -3.53. The number of methoxy groups -OCH3 is 1. The molecule has 0 spiro atoms. The van der Waals surface area contributed by atoms with Gasteiger partial charge in [0.25, 0.3) is 0 Å². The fraction of sp³-hybridized carbons (Fsp3) is 0.409. The van der Waals surface area contributed by atoms with E-state index in [9.17, 15) is 13.2 Å². The molecule has 0 saturated carbocycles. The van der Waals surface area contributed by atoms with Gasteiger partial charge in [-0.1, -0.05) is 24.6 Å². The summed E-state index contributed by atoms with van der Waals surface area (Å²) in [6.07, 6.45) is 3.47. The molecule has 1 aliphatic heterocycles. The van der Waals surface area contributed by atoms with E-state index in [1.54, 1.807) is 29.6 Å². The molecule has 1 aliphatic rings. The maximum atomic E-state index is 13.0. The van der Waals surface area contributed by atoms with Crippen LogP contribution in [-0.2, 0) is 21.2 Å². The van der Waals surface area contributed by atoms with Crippen LogP contribution >= 0.6 is 0 Å². The molecule has 0 aromatic heterocycles. The van der Waals surface area contributed by atoms with Crippen molar-refractivity contribution in [2.45, 2.75) is 43.9 Å². The van der Waals surface area contributed by atoms with E-state index < -0.39 is 10.0 Å². The van der Waals surface area contributed by atoms with Gasteiger partial charge in [-0.15, -0.1) is 0 Å². The van der Waals surface area contributed by atoms with Crippen molar-refractivity contribution >= 4 is 21.6 Å². The lowest BCUT2D eigenvalue weighted by atomic mass is 10.1. The fourth-order valence-electron chi connectivity index (χ4n) is 3.54. The number of amides is 1. The zero-order valence-corrected chi connectivity index (χ0v) is 17.8. The van der Waals surface area contributed by atoms with Crippen LogP contribution in [0.2, 0.25) is 0 Å². The standard InChI is InChI=1S/C22H28N2O4S/c1-17-8-4-5-9-20(17)23-22(25)13-10-18-16-19(11-12-21(18)28-2)29(26,27)24-14-6-3-7-15-24/h4-5,8-9,11-12,16H,3,6-7,10,13-15H2,1-2H3,(H,23,25). The molecule has 1 heterocycles. The number of hydrogen-bond acceptors (Lipinski definition) is 4. The van der Waals surface area contributed by atoms with E-state index in [4.69, 9.17) is 4.74 Å². The highest BCUT2D eigenvalue weighted by atomic mass is 32.2.